The van der Waals surface area contributed by atoms with E-state index >= 15 is 0 Å². The molecule has 1 heterocycles. The van der Waals surface area contributed by atoms with E-state index in [1.807, 2.05) is 0 Å². The Morgan fingerprint density at radius 2 is 1.94 bits per heavy atom. The van der Waals surface area contributed by atoms with Crippen molar-refractivity contribution in [2.75, 3.05) is 19.8 Å². The van der Waals surface area contributed by atoms with Crippen molar-refractivity contribution in [2.24, 2.45) is 0 Å². The molecule has 0 spiro atoms. The Labute approximate surface area is 93.2 Å². The second-order valence-corrected chi connectivity index (χ2v) is 3.54. The van der Waals surface area contributed by atoms with Crippen LogP contribution in [0.25, 0.3) is 0 Å². The van der Waals surface area contributed by atoms with Gasteiger partial charge in [0.1, 0.15) is 11.5 Å². The van der Waals surface area contributed by atoms with Gasteiger partial charge in [-0.05, 0) is 17.7 Å². The monoisotopic (exact) mass is 226 g/mol. The van der Waals surface area contributed by atoms with Crippen LogP contribution in [0.3, 0.4) is 0 Å². The lowest BCUT2D eigenvalue weighted by Gasteiger charge is -2.23. The predicted molar refractivity (Wildman–Crippen MR) is 55.1 cm³/mol. The first-order chi connectivity index (χ1) is 7.74. The minimum absolute atomic E-state index is 0.0133. The Kier molecular flexibility index (Phi) is 3.61. The fourth-order valence-electron chi connectivity index (χ4n) is 1.49. The van der Waals surface area contributed by atoms with Gasteiger partial charge in [-0.2, -0.15) is 0 Å². The predicted octanol–water partition coefficient (Wildman–Crippen LogP) is 0.987. The average molecular weight is 226 g/mol. The van der Waals surface area contributed by atoms with Crippen LogP contribution >= 0.6 is 0 Å². The molecule has 0 aliphatic carbocycles. The molecule has 1 aromatic rings. The summed E-state index contributed by atoms with van der Waals surface area (Å²) in [6.07, 6.45) is -0.377. The summed E-state index contributed by atoms with van der Waals surface area (Å²) in [5, 5.41) is 18.5. The van der Waals surface area contributed by atoms with E-state index in [2.05, 4.69) is 0 Å². The standard InChI is InChI=1S/C11H14O5/c12-9-3-8(4-10(13)5-9)6-16-11-7-14-1-2-15-11/h3-5,11-13H,1-2,6-7H2. The third-order valence-corrected chi connectivity index (χ3v) is 2.18. The molecule has 0 saturated carbocycles. The van der Waals surface area contributed by atoms with Gasteiger partial charge >= 0.3 is 0 Å². The van der Waals surface area contributed by atoms with Crippen LogP contribution in [0.5, 0.6) is 11.5 Å². The van der Waals surface area contributed by atoms with Crippen molar-refractivity contribution in [1.82, 2.24) is 0 Å². The molecule has 1 aromatic carbocycles. The van der Waals surface area contributed by atoms with Gasteiger partial charge in [-0.15, -0.1) is 0 Å². The van der Waals surface area contributed by atoms with Crippen molar-refractivity contribution in [2.45, 2.75) is 12.9 Å². The van der Waals surface area contributed by atoms with Gasteiger partial charge in [-0.1, -0.05) is 0 Å². The Morgan fingerprint density at radius 3 is 2.56 bits per heavy atom. The van der Waals surface area contributed by atoms with Crippen LogP contribution in [0.1, 0.15) is 5.56 Å². The smallest absolute Gasteiger partial charge is 0.181 e. The highest BCUT2D eigenvalue weighted by molar-refractivity contribution is 5.36. The number of hydrogen-bond acceptors (Lipinski definition) is 5. The molecule has 1 saturated heterocycles. The summed E-state index contributed by atoms with van der Waals surface area (Å²) in [6, 6.07) is 4.33. The normalized spacial score (nSPS) is 20.9. The molecule has 2 N–H and O–H groups in total. The van der Waals surface area contributed by atoms with Crippen LogP contribution < -0.4 is 0 Å². The highest BCUT2D eigenvalue weighted by Gasteiger charge is 2.14. The number of phenolic OH excluding ortho intramolecular Hbond substituents is 2. The molecule has 1 fully saturated rings. The van der Waals surface area contributed by atoms with Gasteiger partial charge in [0.25, 0.3) is 0 Å². The van der Waals surface area contributed by atoms with Gasteiger partial charge in [-0.3, -0.25) is 0 Å². The molecular formula is C11H14O5. The molecule has 1 atom stereocenters. The topological polar surface area (TPSA) is 68.2 Å². The van der Waals surface area contributed by atoms with Crippen molar-refractivity contribution < 1.29 is 24.4 Å². The molecular weight excluding hydrogens is 212 g/mol. The first-order valence-corrected chi connectivity index (χ1v) is 5.07. The Balaban J connectivity index is 1.88. The van der Waals surface area contributed by atoms with Gasteiger partial charge < -0.3 is 24.4 Å². The maximum Gasteiger partial charge on any atom is 0.181 e. The minimum atomic E-state index is -0.377. The van der Waals surface area contributed by atoms with Crippen LogP contribution in [-0.4, -0.2) is 36.3 Å². The van der Waals surface area contributed by atoms with Crippen LogP contribution in [-0.2, 0) is 20.8 Å². The van der Waals surface area contributed by atoms with Crippen LogP contribution in [0.15, 0.2) is 18.2 Å². The summed E-state index contributed by atoms with van der Waals surface area (Å²) in [5.74, 6) is 0.0267. The number of rotatable bonds is 3. The molecule has 1 aliphatic heterocycles. The molecule has 2 rings (SSSR count). The summed E-state index contributed by atoms with van der Waals surface area (Å²) in [6.45, 7) is 1.78. The van der Waals surface area contributed by atoms with E-state index in [-0.39, 0.29) is 24.4 Å². The maximum atomic E-state index is 9.26. The van der Waals surface area contributed by atoms with E-state index in [4.69, 9.17) is 14.2 Å². The molecule has 16 heavy (non-hydrogen) atoms. The van der Waals surface area contributed by atoms with Crippen molar-refractivity contribution in [3.63, 3.8) is 0 Å². The molecule has 1 unspecified atom stereocenters. The Hall–Kier alpha value is -1.30. The van der Waals surface area contributed by atoms with E-state index < -0.39 is 0 Å². The fourth-order valence-corrected chi connectivity index (χ4v) is 1.49. The molecule has 1 aliphatic rings. The lowest BCUT2D eigenvalue weighted by atomic mass is 10.2. The highest BCUT2D eigenvalue weighted by Crippen LogP contribution is 2.21. The van der Waals surface area contributed by atoms with Crippen molar-refractivity contribution in [3.8, 4) is 11.5 Å². The van der Waals surface area contributed by atoms with Crippen LogP contribution in [0.2, 0.25) is 0 Å². The molecule has 88 valence electrons. The van der Waals surface area contributed by atoms with Gasteiger partial charge in [0.2, 0.25) is 0 Å². The molecule has 0 aromatic heterocycles. The van der Waals surface area contributed by atoms with Gasteiger partial charge in [0.15, 0.2) is 6.29 Å². The van der Waals surface area contributed by atoms with E-state index in [0.717, 1.165) is 0 Å². The summed E-state index contributed by atoms with van der Waals surface area (Å²) >= 11 is 0. The van der Waals surface area contributed by atoms with Gasteiger partial charge in [0.05, 0.1) is 26.4 Å². The fraction of sp³-hybridized carbons (Fsp3) is 0.455. The van der Waals surface area contributed by atoms with Gasteiger partial charge in [0, 0.05) is 6.07 Å². The van der Waals surface area contributed by atoms with E-state index in [1.54, 1.807) is 0 Å². The summed E-state index contributed by atoms with van der Waals surface area (Å²) in [7, 11) is 0. The van der Waals surface area contributed by atoms with E-state index in [9.17, 15) is 10.2 Å². The summed E-state index contributed by atoms with van der Waals surface area (Å²) < 4.78 is 15.9. The van der Waals surface area contributed by atoms with Crippen molar-refractivity contribution >= 4 is 0 Å². The largest absolute Gasteiger partial charge is 0.508 e. The SMILES string of the molecule is Oc1cc(O)cc(COC2COCCO2)c1. The lowest BCUT2D eigenvalue weighted by molar-refractivity contribution is -0.216. The zero-order chi connectivity index (χ0) is 11.4. The number of benzene rings is 1. The summed E-state index contributed by atoms with van der Waals surface area (Å²) in [5.41, 5.74) is 0.687. The molecule has 5 heteroatoms. The van der Waals surface area contributed by atoms with Crippen LogP contribution in [0.4, 0.5) is 0 Å². The van der Waals surface area contributed by atoms with Crippen molar-refractivity contribution in [1.29, 1.82) is 0 Å². The molecule has 0 radical (unpaired) electrons. The number of hydrogen-bond donors (Lipinski definition) is 2. The zero-order valence-electron chi connectivity index (χ0n) is 8.76. The lowest BCUT2D eigenvalue weighted by Crippen LogP contribution is -2.30. The van der Waals surface area contributed by atoms with Crippen LogP contribution in [0, 0.1) is 0 Å². The number of ether oxygens (including phenoxy) is 3. The van der Waals surface area contributed by atoms with E-state index in [1.165, 1.54) is 18.2 Å². The first-order valence-electron chi connectivity index (χ1n) is 5.07. The number of phenols is 2. The summed E-state index contributed by atoms with van der Waals surface area (Å²) in [4.78, 5) is 0. The molecule has 0 amide bonds. The average Bonchev–Trinajstić information content (AvgIpc) is 2.27. The number of aromatic hydroxyl groups is 2. The third kappa shape index (κ3) is 3.10. The van der Waals surface area contributed by atoms with Crippen molar-refractivity contribution in [3.05, 3.63) is 23.8 Å². The molecule has 0 bridgehead atoms. The third-order valence-electron chi connectivity index (χ3n) is 2.18. The Morgan fingerprint density at radius 1 is 1.19 bits per heavy atom. The van der Waals surface area contributed by atoms with Gasteiger partial charge in [-0.25, -0.2) is 0 Å². The van der Waals surface area contributed by atoms with E-state index in [0.29, 0.717) is 25.4 Å². The highest BCUT2D eigenvalue weighted by atomic mass is 16.7. The second kappa shape index (κ2) is 5.16. The first kappa shape index (κ1) is 11.2. The second-order valence-electron chi connectivity index (χ2n) is 3.54. The minimum Gasteiger partial charge on any atom is -0.508 e. The Bertz CT molecular complexity index is 326. The zero-order valence-corrected chi connectivity index (χ0v) is 8.76. The quantitative estimate of drug-likeness (QED) is 0.804. The molecule has 5 nitrogen and oxygen atoms in total. The maximum absolute atomic E-state index is 9.26.